The van der Waals surface area contributed by atoms with E-state index in [0.29, 0.717) is 5.69 Å². The topological polar surface area (TPSA) is 54.0 Å². The smallest absolute Gasteiger partial charge is 0.274 e. The zero-order chi connectivity index (χ0) is 18.4. The minimum atomic E-state index is -0.221. The molecular weight excluding hydrogens is 346 g/mol. The van der Waals surface area contributed by atoms with Gasteiger partial charge in [0.05, 0.1) is 11.9 Å². The third kappa shape index (κ3) is 5.07. The van der Waals surface area contributed by atoms with Crippen LogP contribution in [-0.2, 0) is 6.42 Å². The first-order valence-electron chi connectivity index (χ1n) is 8.42. The van der Waals surface area contributed by atoms with Crippen LogP contribution >= 0.6 is 11.6 Å². The van der Waals surface area contributed by atoms with Gasteiger partial charge in [-0.1, -0.05) is 41.4 Å². The second kappa shape index (κ2) is 8.50. The van der Waals surface area contributed by atoms with Gasteiger partial charge in [-0.2, -0.15) is 0 Å². The van der Waals surface area contributed by atoms with Crippen LogP contribution in [0, 0.1) is 6.92 Å². The van der Waals surface area contributed by atoms with Gasteiger partial charge in [0.1, 0.15) is 5.69 Å². The number of hydrogen-bond acceptors (Lipinski definition) is 3. The highest BCUT2D eigenvalue weighted by molar-refractivity contribution is 6.30. The van der Waals surface area contributed by atoms with Gasteiger partial charge in [-0.05, 0) is 55.3 Å². The summed E-state index contributed by atoms with van der Waals surface area (Å²) in [6.45, 7) is 2.78. The van der Waals surface area contributed by atoms with Gasteiger partial charge in [-0.15, -0.1) is 0 Å². The van der Waals surface area contributed by atoms with Crippen molar-refractivity contribution in [1.82, 2.24) is 4.98 Å². The van der Waals surface area contributed by atoms with E-state index in [9.17, 15) is 4.79 Å². The van der Waals surface area contributed by atoms with E-state index < -0.39 is 0 Å². The second-order valence-corrected chi connectivity index (χ2v) is 6.49. The van der Waals surface area contributed by atoms with Crippen LogP contribution in [0.4, 0.5) is 11.4 Å². The Morgan fingerprint density at radius 3 is 2.31 bits per heavy atom. The number of amides is 1. The summed E-state index contributed by atoms with van der Waals surface area (Å²) in [5.41, 5.74) is 4.38. The minimum Gasteiger partial charge on any atom is -0.383 e. The maximum Gasteiger partial charge on any atom is 0.274 e. The van der Waals surface area contributed by atoms with Crippen molar-refractivity contribution in [2.45, 2.75) is 13.3 Å². The number of pyridine rings is 1. The molecule has 5 heteroatoms. The van der Waals surface area contributed by atoms with Gasteiger partial charge in [-0.25, -0.2) is 4.98 Å². The Morgan fingerprint density at radius 2 is 1.65 bits per heavy atom. The second-order valence-electron chi connectivity index (χ2n) is 6.06. The van der Waals surface area contributed by atoms with E-state index >= 15 is 0 Å². The molecular formula is C21H20ClN3O. The molecule has 1 heterocycles. The summed E-state index contributed by atoms with van der Waals surface area (Å²) in [5, 5.41) is 6.89. The van der Waals surface area contributed by atoms with Crippen LogP contribution < -0.4 is 10.6 Å². The van der Waals surface area contributed by atoms with Crippen molar-refractivity contribution in [2.24, 2.45) is 0 Å². The maximum absolute atomic E-state index is 12.2. The number of nitrogens with one attached hydrogen (secondary N) is 2. The van der Waals surface area contributed by atoms with Crippen molar-refractivity contribution in [3.8, 4) is 0 Å². The van der Waals surface area contributed by atoms with E-state index in [1.165, 1.54) is 5.56 Å². The lowest BCUT2D eigenvalue weighted by molar-refractivity contribution is 0.102. The summed E-state index contributed by atoms with van der Waals surface area (Å²) in [5.74, 6) is -0.221. The highest BCUT2D eigenvalue weighted by Gasteiger charge is 2.07. The molecule has 0 radical (unpaired) electrons. The van der Waals surface area contributed by atoms with Gasteiger partial charge in [0.2, 0.25) is 0 Å². The van der Waals surface area contributed by atoms with Crippen molar-refractivity contribution >= 4 is 28.9 Å². The van der Waals surface area contributed by atoms with E-state index in [-0.39, 0.29) is 5.91 Å². The number of hydrogen-bond donors (Lipinski definition) is 2. The summed E-state index contributed by atoms with van der Waals surface area (Å²) in [6, 6.07) is 19.0. The van der Waals surface area contributed by atoms with Crippen molar-refractivity contribution in [3.63, 3.8) is 0 Å². The molecule has 0 aliphatic carbocycles. The predicted molar refractivity (Wildman–Crippen MR) is 107 cm³/mol. The molecule has 0 atom stereocenters. The largest absolute Gasteiger partial charge is 0.383 e. The summed E-state index contributed by atoms with van der Waals surface area (Å²) < 4.78 is 0. The number of nitrogens with zero attached hydrogens (tertiary/aromatic N) is 1. The van der Waals surface area contributed by atoms with Crippen LogP contribution in [0.5, 0.6) is 0 Å². The SMILES string of the molecule is Cc1ccc(NC(=O)c2ccc(NCCc3ccc(Cl)cc3)cn2)cc1. The quantitative estimate of drug-likeness (QED) is 0.649. The summed E-state index contributed by atoms with van der Waals surface area (Å²) >= 11 is 5.88. The Bertz CT molecular complexity index is 859. The van der Waals surface area contributed by atoms with E-state index in [1.807, 2.05) is 61.5 Å². The molecule has 3 aromatic rings. The molecule has 26 heavy (non-hydrogen) atoms. The Kier molecular flexibility index (Phi) is 5.87. The fraction of sp³-hybridized carbons (Fsp3) is 0.143. The van der Waals surface area contributed by atoms with Crippen molar-refractivity contribution in [2.75, 3.05) is 17.2 Å². The zero-order valence-electron chi connectivity index (χ0n) is 14.5. The van der Waals surface area contributed by atoms with Crippen LogP contribution in [0.25, 0.3) is 0 Å². The molecule has 2 aromatic carbocycles. The molecule has 1 amide bonds. The molecule has 0 fully saturated rings. The molecule has 0 spiro atoms. The molecule has 2 N–H and O–H groups in total. The molecule has 0 aliphatic heterocycles. The first-order valence-corrected chi connectivity index (χ1v) is 8.80. The average molecular weight is 366 g/mol. The summed E-state index contributed by atoms with van der Waals surface area (Å²) in [7, 11) is 0. The van der Waals surface area contributed by atoms with E-state index in [4.69, 9.17) is 11.6 Å². The molecule has 1 aromatic heterocycles. The van der Waals surface area contributed by atoms with Crippen LogP contribution in [-0.4, -0.2) is 17.4 Å². The van der Waals surface area contributed by atoms with Crippen LogP contribution in [0.1, 0.15) is 21.6 Å². The number of aryl methyl sites for hydroxylation is 1. The Balaban J connectivity index is 1.51. The number of halogens is 1. The lowest BCUT2D eigenvalue weighted by Gasteiger charge is -2.08. The fourth-order valence-electron chi connectivity index (χ4n) is 2.47. The number of anilines is 2. The molecule has 132 valence electrons. The molecule has 0 unspecified atom stereocenters. The third-order valence-electron chi connectivity index (χ3n) is 3.96. The van der Waals surface area contributed by atoms with Gasteiger partial charge < -0.3 is 10.6 Å². The molecule has 0 aliphatic rings. The summed E-state index contributed by atoms with van der Waals surface area (Å²) in [4.78, 5) is 16.5. The van der Waals surface area contributed by atoms with Gasteiger partial charge in [-0.3, -0.25) is 4.79 Å². The van der Waals surface area contributed by atoms with Crippen molar-refractivity contribution in [1.29, 1.82) is 0 Å². The molecule has 0 saturated heterocycles. The fourth-order valence-corrected chi connectivity index (χ4v) is 2.59. The Morgan fingerprint density at radius 1 is 0.962 bits per heavy atom. The van der Waals surface area contributed by atoms with Gasteiger partial charge >= 0.3 is 0 Å². The first kappa shape index (κ1) is 18.0. The van der Waals surface area contributed by atoms with Gasteiger partial charge in [0.25, 0.3) is 5.91 Å². The number of aromatic nitrogens is 1. The average Bonchev–Trinajstić information content (AvgIpc) is 2.66. The highest BCUT2D eigenvalue weighted by Crippen LogP contribution is 2.13. The summed E-state index contributed by atoms with van der Waals surface area (Å²) in [6.07, 6.45) is 2.55. The van der Waals surface area contributed by atoms with Gasteiger partial charge in [0.15, 0.2) is 0 Å². The monoisotopic (exact) mass is 365 g/mol. The number of benzene rings is 2. The van der Waals surface area contributed by atoms with E-state index in [0.717, 1.165) is 34.9 Å². The first-order chi connectivity index (χ1) is 12.6. The molecule has 0 saturated carbocycles. The number of carbonyl (C=O) groups is 1. The Hall–Kier alpha value is -2.85. The normalized spacial score (nSPS) is 10.4. The molecule has 3 rings (SSSR count). The van der Waals surface area contributed by atoms with Crippen molar-refractivity contribution in [3.05, 3.63) is 88.7 Å². The molecule has 0 bridgehead atoms. The van der Waals surface area contributed by atoms with E-state index in [2.05, 4.69) is 15.6 Å². The van der Waals surface area contributed by atoms with Gasteiger partial charge in [0, 0.05) is 17.3 Å². The third-order valence-corrected chi connectivity index (χ3v) is 4.21. The van der Waals surface area contributed by atoms with Crippen LogP contribution in [0.3, 0.4) is 0 Å². The Labute approximate surface area is 158 Å². The van der Waals surface area contributed by atoms with E-state index in [1.54, 1.807) is 12.3 Å². The van der Waals surface area contributed by atoms with Crippen LogP contribution in [0.2, 0.25) is 5.02 Å². The zero-order valence-corrected chi connectivity index (χ0v) is 15.3. The molecule has 4 nitrogen and oxygen atoms in total. The lowest BCUT2D eigenvalue weighted by atomic mass is 10.1. The standard InChI is InChI=1S/C21H20ClN3O/c1-15-2-8-18(9-3-15)25-21(26)20-11-10-19(14-24-20)23-13-12-16-4-6-17(22)7-5-16/h2-11,14,23H,12-13H2,1H3,(H,25,26). The lowest BCUT2D eigenvalue weighted by Crippen LogP contribution is -2.14. The van der Waals surface area contributed by atoms with Crippen molar-refractivity contribution < 1.29 is 4.79 Å². The minimum absolute atomic E-state index is 0.221. The maximum atomic E-state index is 12.2. The number of rotatable bonds is 6. The van der Waals surface area contributed by atoms with Crippen LogP contribution in [0.15, 0.2) is 66.9 Å². The predicted octanol–water partition coefficient (Wildman–Crippen LogP) is 4.95. The highest BCUT2D eigenvalue weighted by atomic mass is 35.5. The number of carbonyl (C=O) groups excluding carboxylic acids is 1.